The van der Waals surface area contributed by atoms with Crippen molar-refractivity contribution >= 4 is 6.09 Å². The van der Waals surface area contributed by atoms with E-state index in [2.05, 4.69) is 10.4 Å². The van der Waals surface area contributed by atoms with E-state index in [1.807, 2.05) is 82.9 Å². The molecule has 1 N–H and O–H groups in total. The van der Waals surface area contributed by atoms with Gasteiger partial charge in [0, 0.05) is 12.7 Å². The van der Waals surface area contributed by atoms with E-state index in [4.69, 9.17) is 9.47 Å². The van der Waals surface area contributed by atoms with E-state index in [0.29, 0.717) is 26.1 Å². The van der Waals surface area contributed by atoms with Crippen LogP contribution >= 0.6 is 0 Å². The van der Waals surface area contributed by atoms with Gasteiger partial charge in [-0.1, -0.05) is 26.0 Å². The minimum absolute atomic E-state index is 0.399. The Morgan fingerprint density at radius 2 is 2.00 bits per heavy atom. The molecule has 6 heteroatoms. The Hall–Kier alpha value is -2.50. The van der Waals surface area contributed by atoms with E-state index >= 15 is 0 Å². The van der Waals surface area contributed by atoms with Crippen LogP contribution in [-0.2, 0) is 11.3 Å². The molecular weight excluding hydrogens is 342 g/mol. The average Bonchev–Trinajstić information content (AvgIpc) is 3.00. The van der Waals surface area contributed by atoms with Crippen molar-refractivity contribution in [3.05, 3.63) is 47.8 Å². The minimum Gasteiger partial charge on any atom is -0.494 e. The van der Waals surface area contributed by atoms with Crippen LogP contribution in [0, 0.1) is 6.92 Å². The normalized spacial score (nSPS) is 10.6. The van der Waals surface area contributed by atoms with Gasteiger partial charge >= 0.3 is 6.09 Å². The molecule has 1 heterocycles. The standard InChI is InChI=1S/C19H27N3O3.C2H6/c1-15-12-21-22(13-15)14-16-7-5-8-17(11-16)24-10-6-9-20-18(23)25-19(2,3)4;1-2/h5,7-8,11-13H,6,9-10,14H2,1-4H3,(H,20,23);1-2H3. The van der Waals surface area contributed by atoms with Crippen LogP contribution in [0.15, 0.2) is 36.7 Å². The zero-order valence-corrected chi connectivity index (χ0v) is 17.4. The summed E-state index contributed by atoms with van der Waals surface area (Å²) >= 11 is 0. The molecule has 1 amide bonds. The van der Waals surface area contributed by atoms with E-state index < -0.39 is 11.7 Å². The maximum absolute atomic E-state index is 11.5. The number of carbonyl (C=O) groups is 1. The van der Waals surface area contributed by atoms with Crippen LogP contribution in [0.3, 0.4) is 0 Å². The van der Waals surface area contributed by atoms with Crippen molar-refractivity contribution < 1.29 is 14.3 Å². The topological polar surface area (TPSA) is 65.4 Å². The van der Waals surface area contributed by atoms with Crippen molar-refractivity contribution in [2.45, 2.75) is 60.1 Å². The third kappa shape index (κ3) is 9.68. The Morgan fingerprint density at radius 3 is 2.63 bits per heavy atom. The molecule has 1 aromatic heterocycles. The SMILES string of the molecule is CC.Cc1cnn(Cc2cccc(OCCCNC(=O)OC(C)(C)C)c2)c1. The largest absolute Gasteiger partial charge is 0.494 e. The van der Waals surface area contributed by atoms with Crippen molar-refractivity contribution in [1.29, 1.82) is 0 Å². The van der Waals surface area contributed by atoms with Gasteiger partial charge in [0.05, 0.1) is 19.3 Å². The van der Waals surface area contributed by atoms with Gasteiger partial charge in [-0.25, -0.2) is 4.79 Å². The highest BCUT2D eigenvalue weighted by atomic mass is 16.6. The molecule has 0 aliphatic rings. The Kier molecular flexibility index (Phi) is 9.40. The molecule has 0 aliphatic heterocycles. The second kappa shape index (κ2) is 11.3. The van der Waals surface area contributed by atoms with Crippen LogP contribution in [0.1, 0.15) is 52.2 Å². The third-order valence-electron chi connectivity index (χ3n) is 3.26. The highest BCUT2D eigenvalue weighted by molar-refractivity contribution is 5.67. The summed E-state index contributed by atoms with van der Waals surface area (Å²) in [5.41, 5.74) is 1.80. The van der Waals surface area contributed by atoms with E-state index in [1.54, 1.807) is 0 Å². The second-order valence-corrected chi connectivity index (χ2v) is 6.99. The van der Waals surface area contributed by atoms with E-state index in [9.17, 15) is 4.79 Å². The molecule has 0 bridgehead atoms. The second-order valence-electron chi connectivity index (χ2n) is 6.99. The van der Waals surface area contributed by atoms with Gasteiger partial charge in [-0.2, -0.15) is 5.10 Å². The fraction of sp³-hybridized carbons (Fsp3) is 0.524. The van der Waals surface area contributed by atoms with Gasteiger partial charge in [0.1, 0.15) is 11.4 Å². The molecule has 6 nitrogen and oxygen atoms in total. The van der Waals surface area contributed by atoms with Crippen LogP contribution in [0.4, 0.5) is 4.79 Å². The van der Waals surface area contributed by atoms with E-state index in [0.717, 1.165) is 16.9 Å². The molecule has 27 heavy (non-hydrogen) atoms. The van der Waals surface area contributed by atoms with Crippen molar-refractivity contribution in [1.82, 2.24) is 15.1 Å². The number of ether oxygens (including phenoxy) is 2. The van der Waals surface area contributed by atoms with Gasteiger partial charge in [-0.3, -0.25) is 4.68 Å². The first kappa shape index (κ1) is 22.5. The Labute approximate surface area is 162 Å². The van der Waals surface area contributed by atoms with Crippen LogP contribution in [0.2, 0.25) is 0 Å². The number of aryl methyl sites for hydroxylation is 1. The summed E-state index contributed by atoms with van der Waals surface area (Å²) in [6.45, 7) is 13.3. The Bertz CT molecular complexity index is 690. The minimum atomic E-state index is -0.478. The summed E-state index contributed by atoms with van der Waals surface area (Å²) < 4.78 is 12.8. The molecule has 0 saturated carbocycles. The van der Waals surface area contributed by atoms with Gasteiger partial charge < -0.3 is 14.8 Å². The Balaban J connectivity index is 0.00000176. The molecule has 0 unspecified atom stereocenters. The highest BCUT2D eigenvalue weighted by Crippen LogP contribution is 2.14. The summed E-state index contributed by atoms with van der Waals surface area (Å²) in [6, 6.07) is 7.96. The fourth-order valence-corrected chi connectivity index (χ4v) is 2.24. The molecule has 0 spiro atoms. The first-order valence-corrected chi connectivity index (χ1v) is 9.49. The molecular formula is C21H33N3O3. The summed E-state index contributed by atoms with van der Waals surface area (Å²) in [5.74, 6) is 0.818. The van der Waals surface area contributed by atoms with Crippen LogP contribution < -0.4 is 10.1 Å². The molecule has 2 rings (SSSR count). The van der Waals surface area contributed by atoms with Gasteiger partial charge in [-0.05, 0) is 57.4 Å². The molecule has 0 fully saturated rings. The lowest BCUT2D eigenvalue weighted by Gasteiger charge is -2.19. The summed E-state index contributed by atoms with van der Waals surface area (Å²) in [6.07, 6.45) is 4.17. The van der Waals surface area contributed by atoms with E-state index in [1.165, 1.54) is 0 Å². The number of aromatic nitrogens is 2. The lowest BCUT2D eigenvalue weighted by molar-refractivity contribution is 0.0525. The molecule has 2 aromatic rings. The van der Waals surface area contributed by atoms with Crippen LogP contribution in [0.5, 0.6) is 5.75 Å². The number of rotatable bonds is 7. The van der Waals surface area contributed by atoms with Gasteiger partial charge in [-0.15, -0.1) is 0 Å². The maximum Gasteiger partial charge on any atom is 0.407 e. The molecule has 0 radical (unpaired) electrons. The van der Waals surface area contributed by atoms with E-state index in [-0.39, 0.29) is 0 Å². The molecule has 0 atom stereocenters. The number of hydrogen-bond donors (Lipinski definition) is 1. The number of hydrogen-bond acceptors (Lipinski definition) is 4. The molecule has 1 aromatic carbocycles. The highest BCUT2D eigenvalue weighted by Gasteiger charge is 2.15. The number of benzene rings is 1. The fourth-order valence-electron chi connectivity index (χ4n) is 2.24. The first-order chi connectivity index (χ1) is 12.8. The maximum atomic E-state index is 11.5. The molecule has 0 saturated heterocycles. The van der Waals surface area contributed by atoms with Crippen LogP contribution in [-0.4, -0.2) is 34.6 Å². The zero-order chi connectivity index (χ0) is 20.3. The van der Waals surface area contributed by atoms with Gasteiger partial charge in [0.25, 0.3) is 0 Å². The summed E-state index contributed by atoms with van der Waals surface area (Å²) in [4.78, 5) is 11.5. The lowest BCUT2D eigenvalue weighted by Crippen LogP contribution is -2.33. The Morgan fingerprint density at radius 1 is 1.26 bits per heavy atom. The monoisotopic (exact) mass is 375 g/mol. The van der Waals surface area contributed by atoms with Crippen molar-refractivity contribution in [2.75, 3.05) is 13.2 Å². The zero-order valence-electron chi connectivity index (χ0n) is 17.4. The number of carbonyl (C=O) groups excluding carboxylic acids is 1. The van der Waals surface area contributed by atoms with Crippen molar-refractivity contribution in [3.8, 4) is 5.75 Å². The van der Waals surface area contributed by atoms with Crippen molar-refractivity contribution in [2.24, 2.45) is 0 Å². The van der Waals surface area contributed by atoms with Crippen LogP contribution in [0.25, 0.3) is 0 Å². The number of nitrogens with zero attached hydrogens (tertiary/aromatic N) is 2. The lowest BCUT2D eigenvalue weighted by atomic mass is 10.2. The predicted molar refractivity (Wildman–Crippen MR) is 108 cm³/mol. The smallest absolute Gasteiger partial charge is 0.407 e. The molecule has 150 valence electrons. The first-order valence-electron chi connectivity index (χ1n) is 9.49. The third-order valence-corrected chi connectivity index (χ3v) is 3.26. The summed E-state index contributed by atoms with van der Waals surface area (Å²) in [7, 11) is 0. The molecule has 0 aliphatic carbocycles. The van der Waals surface area contributed by atoms with Gasteiger partial charge in [0.15, 0.2) is 0 Å². The number of nitrogens with one attached hydrogen (secondary N) is 1. The number of alkyl carbamates (subject to hydrolysis) is 1. The summed E-state index contributed by atoms with van der Waals surface area (Å²) in [5, 5.41) is 7.01. The van der Waals surface area contributed by atoms with Gasteiger partial charge in [0.2, 0.25) is 0 Å². The average molecular weight is 376 g/mol. The number of amides is 1. The van der Waals surface area contributed by atoms with Crippen molar-refractivity contribution in [3.63, 3.8) is 0 Å². The quantitative estimate of drug-likeness (QED) is 0.721. The predicted octanol–water partition coefficient (Wildman–Crippen LogP) is 4.56.